The maximum Gasteiger partial charge on any atom is 0.186 e. The van der Waals surface area contributed by atoms with Gasteiger partial charge in [0.15, 0.2) is 5.11 Å². The van der Waals surface area contributed by atoms with Gasteiger partial charge in [-0.05, 0) is 37.3 Å². The van der Waals surface area contributed by atoms with E-state index in [4.69, 9.17) is 17.0 Å². The first-order valence-corrected chi connectivity index (χ1v) is 6.97. The summed E-state index contributed by atoms with van der Waals surface area (Å²) in [6, 6.07) is 5.70. The van der Waals surface area contributed by atoms with Gasteiger partial charge in [-0.2, -0.15) is 5.10 Å². The summed E-state index contributed by atoms with van der Waals surface area (Å²) >= 11 is 8.42. The van der Waals surface area contributed by atoms with E-state index >= 15 is 0 Å². The van der Waals surface area contributed by atoms with Gasteiger partial charge < -0.3 is 10.1 Å². The van der Waals surface area contributed by atoms with Crippen molar-refractivity contribution in [1.82, 2.24) is 10.7 Å². The molecule has 0 aromatic heterocycles. The zero-order chi connectivity index (χ0) is 14.1. The molecule has 0 radical (unpaired) electrons. The standard InChI is InChI=1S/C13H16BrN3OS/c1-3-7-18-12-6-5-11(14)8-10(12)9-16-17-13(19)15-4-2/h3,5-6,8-9H,1,4,7H2,2H3,(H2,15,17,19)/b16-9-. The second-order valence-corrected chi connectivity index (χ2v) is 4.84. The molecule has 0 unspecified atom stereocenters. The van der Waals surface area contributed by atoms with Crippen molar-refractivity contribution in [2.24, 2.45) is 5.10 Å². The minimum Gasteiger partial charge on any atom is -0.489 e. The highest BCUT2D eigenvalue weighted by atomic mass is 79.9. The topological polar surface area (TPSA) is 45.6 Å². The lowest BCUT2D eigenvalue weighted by atomic mass is 10.2. The Bertz CT molecular complexity index is 477. The number of hydrogen-bond donors (Lipinski definition) is 2. The average molecular weight is 342 g/mol. The smallest absolute Gasteiger partial charge is 0.186 e. The summed E-state index contributed by atoms with van der Waals surface area (Å²) in [4.78, 5) is 0. The molecule has 0 bridgehead atoms. The van der Waals surface area contributed by atoms with Crippen LogP contribution in [0.4, 0.5) is 0 Å². The molecule has 4 nitrogen and oxygen atoms in total. The Morgan fingerprint density at radius 2 is 2.37 bits per heavy atom. The average Bonchev–Trinajstić information content (AvgIpc) is 2.38. The van der Waals surface area contributed by atoms with Crippen molar-refractivity contribution in [3.63, 3.8) is 0 Å². The van der Waals surface area contributed by atoms with Gasteiger partial charge in [0.2, 0.25) is 0 Å². The van der Waals surface area contributed by atoms with Crippen molar-refractivity contribution in [3.8, 4) is 5.75 Å². The van der Waals surface area contributed by atoms with Crippen LogP contribution in [0, 0.1) is 0 Å². The lowest BCUT2D eigenvalue weighted by Crippen LogP contribution is -2.31. The third-order valence-electron chi connectivity index (χ3n) is 2.04. The first-order chi connectivity index (χ1) is 9.17. The summed E-state index contributed by atoms with van der Waals surface area (Å²) in [5.41, 5.74) is 3.58. The van der Waals surface area contributed by atoms with Crippen LogP contribution in [0.15, 0.2) is 40.4 Å². The highest BCUT2D eigenvalue weighted by Crippen LogP contribution is 2.21. The van der Waals surface area contributed by atoms with E-state index in [1.165, 1.54) is 0 Å². The maximum absolute atomic E-state index is 5.54. The monoisotopic (exact) mass is 341 g/mol. The Balaban J connectivity index is 2.74. The summed E-state index contributed by atoms with van der Waals surface area (Å²) in [6.07, 6.45) is 3.36. The number of halogens is 1. The van der Waals surface area contributed by atoms with Crippen LogP contribution in [0.1, 0.15) is 12.5 Å². The predicted molar refractivity (Wildman–Crippen MR) is 86.8 cm³/mol. The second-order valence-electron chi connectivity index (χ2n) is 3.51. The molecular formula is C13H16BrN3OS. The van der Waals surface area contributed by atoms with Gasteiger partial charge >= 0.3 is 0 Å². The molecule has 0 aliphatic rings. The highest BCUT2D eigenvalue weighted by Gasteiger charge is 2.02. The van der Waals surface area contributed by atoms with E-state index < -0.39 is 0 Å². The molecule has 0 saturated heterocycles. The number of nitrogens with one attached hydrogen (secondary N) is 2. The number of rotatable bonds is 6. The predicted octanol–water partition coefficient (Wildman–Crippen LogP) is 2.83. The quantitative estimate of drug-likeness (QED) is 0.361. The fourth-order valence-corrected chi connectivity index (χ4v) is 1.84. The van der Waals surface area contributed by atoms with E-state index in [-0.39, 0.29) is 0 Å². The Hall–Kier alpha value is -1.40. The maximum atomic E-state index is 5.54. The molecule has 0 spiro atoms. The molecule has 0 atom stereocenters. The zero-order valence-electron chi connectivity index (χ0n) is 10.6. The van der Waals surface area contributed by atoms with Crippen LogP contribution >= 0.6 is 28.1 Å². The van der Waals surface area contributed by atoms with Crippen molar-refractivity contribution < 1.29 is 4.74 Å². The number of thiocarbonyl (C=S) groups is 1. The molecule has 19 heavy (non-hydrogen) atoms. The molecule has 0 fully saturated rings. The Morgan fingerprint density at radius 3 is 3.05 bits per heavy atom. The van der Waals surface area contributed by atoms with E-state index in [2.05, 4.69) is 38.4 Å². The van der Waals surface area contributed by atoms with Crippen LogP contribution in [-0.4, -0.2) is 24.5 Å². The second kappa shape index (κ2) is 8.66. The van der Waals surface area contributed by atoms with Crippen LogP contribution < -0.4 is 15.5 Å². The van der Waals surface area contributed by atoms with E-state index in [9.17, 15) is 0 Å². The van der Waals surface area contributed by atoms with E-state index in [0.29, 0.717) is 11.7 Å². The lowest BCUT2D eigenvalue weighted by Gasteiger charge is -2.08. The van der Waals surface area contributed by atoms with Gasteiger partial charge in [0.1, 0.15) is 12.4 Å². The molecule has 2 N–H and O–H groups in total. The zero-order valence-corrected chi connectivity index (χ0v) is 13.1. The van der Waals surface area contributed by atoms with Gasteiger partial charge in [-0.15, -0.1) is 0 Å². The largest absolute Gasteiger partial charge is 0.489 e. The molecule has 1 aromatic carbocycles. The van der Waals surface area contributed by atoms with Crippen LogP contribution in [0.25, 0.3) is 0 Å². The number of hydrogen-bond acceptors (Lipinski definition) is 3. The SMILES string of the molecule is C=CCOc1ccc(Br)cc1/C=N\NC(=S)NCC. The molecule has 0 saturated carbocycles. The highest BCUT2D eigenvalue weighted by molar-refractivity contribution is 9.10. The van der Waals surface area contributed by atoms with Gasteiger partial charge in [0.05, 0.1) is 6.21 Å². The van der Waals surface area contributed by atoms with Crippen LogP contribution in [0.2, 0.25) is 0 Å². The minimum atomic E-state index is 0.450. The summed E-state index contributed by atoms with van der Waals surface area (Å²) in [7, 11) is 0. The number of ether oxygens (including phenoxy) is 1. The first-order valence-electron chi connectivity index (χ1n) is 5.77. The number of benzene rings is 1. The number of nitrogens with zero attached hydrogens (tertiary/aromatic N) is 1. The van der Waals surface area contributed by atoms with Crippen molar-refractivity contribution >= 4 is 39.5 Å². The van der Waals surface area contributed by atoms with Crippen molar-refractivity contribution in [3.05, 3.63) is 40.9 Å². The molecule has 0 amide bonds. The Morgan fingerprint density at radius 1 is 1.58 bits per heavy atom. The van der Waals surface area contributed by atoms with Crippen molar-refractivity contribution in [1.29, 1.82) is 0 Å². The van der Waals surface area contributed by atoms with E-state index in [1.54, 1.807) is 12.3 Å². The Labute approximate surface area is 127 Å². The van der Waals surface area contributed by atoms with Crippen LogP contribution in [-0.2, 0) is 0 Å². The molecule has 6 heteroatoms. The molecule has 1 rings (SSSR count). The van der Waals surface area contributed by atoms with Gasteiger partial charge in [-0.3, -0.25) is 5.43 Å². The van der Waals surface area contributed by atoms with E-state index in [0.717, 1.165) is 22.3 Å². The van der Waals surface area contributed by atoms with Crippen LogP contribution in [0.3, 0.4) is 0 Å². The fourth-order valence-electron chi connectivity index (χ4n) is 1.26. The number of hydrazone groups is 1. The Kier molecular flexibility index (Phi) is 7.14. The van der Waals surface area contributed by atoms with Gasteiger partial charge in [-0.25, -0.2) is 0 Å². The van der Waals surface area contributed by atoms with Crippen molar-refractivity contribution in [2.45, 2.75) is 6.92 Å². The normalized spacial score (nSPS) is 10.2. The van der Waals surface area contributed by atoms with Gasteiger partial charge in [0, 0.05) is 16.6 Å². The lowest BCUT2D eigenvalue weighted by molar-refractivity contribution is 0.362. The summed E-state index contributed by atoms with van der Waals surface area (Å²) in [5, 5.41) is 7.50. The van der Waals surface area contributed by atoms with Gasteiger partial charge in [0.25, 0.3) is 0 Å². The summed E-state index contributed by atoms with van der Waals surface area (Å²) < 4.78 is 6.49. The third kappa shape index (κ3) is 5.85. The first kappa shape index (κ1) is 15.7. The third-order valence-corrected chi connectivity index (χ3v) is 2.76. The van der Waals surface area contributed by atoms with Crippen LogP contribution in [0.5, 0.6) is 5.75 Å². The molecule has 1 aromatic rings. The molecular weight excluding hydrogens is 326 g/mol. The van der Waals surface area contributed by atoms with Crippen molar-refractivity contribution in [2.75, 3.05) is 13.2 Å². The molecule has 0 heterocycles. The van der Waals surface area contributed by atoms with E-state index in [1.807, 2.05) is 25.1 Å². The molecule has 0 aliphatic heterocycles. The van der Waals surface area contributed by atoms with Gasteiger partial charge in [-0.1, -0.05) is 28.6 Å². The summed E-state index contributed by atoms with van der Waals surface area (Å²) in [5.74, 6) is 0.739. The summed E-state index contributed by atoms with van der Waals surface area (Å²) in [6.45, 7) is 6.79. The minimum absolute atomic E-state index is 0.450. The fraction of sp³-hybridized carbons (Fsp3) is 0.231. The molecule has 0 aliphatic carbocycles. The molecule has 102 valence electrons.